The number of carbonyl (C=O) groups excluding carboxylic acids is 1. The zero-order valence-corrected chi connectivity index (χ0v) is 12.7. The van der Waals surface area contributed by atoms with Crippen molar-refractivity contribution in [2.24, 2.45) is 0 Å². The van der Waals surface area contributed by atoms with Crippen molar-refractivity contribution >= 4 is 17.8 Å². The van der Waals surface area contributed by atoms with Gasteiger partial charge >= 0.3 is 6.03 Å². The van der Waals surface area contributed by atoms with Crippen LogP contribution in [-0.4, -0.2) is 35.5 Å². The van der Waals surface area contributed by atoms with Crippen LogP contribution in [0.1, 0.15) is 29.7 Å². The Labute approximate surface area is 119 Å². The maximum atomic E-state index is 12.2. The van der Waals surface area contributed by atoms with Crippen molar-refractivity contribution in [2.75, 3.05) is 24.6 Å². The fourth-order valence-electron chi connectivity index (χ4n) is 2.39. The highest BCUT2D eigenvalue weighted by Gasteiger charge is 2.18. The van der Waals surface area contributed by atoms with E-state index < -0.39 is 0 Å². The fraction of sp³-hybridized carbons (Fsp3) is 0.533. The molecule has 1 saturated heterocycles. The molecule has 1 aliphatic rings. The third-order valence-corrected chi connectivity index (χ3v) is 4.32. The van der Waals surface area contributed by atoms with E-state index in [1.165, 1.54) is 16.7 Å². The second-order valence-electron chi connectivity index (χ2n) is 5.19. The number of carbonyl (C=O) groups is 1. The van der Waals surface area contributed by atoms with Gasteiger partial charge in [0.25, 0.3) is 0 Å². The molecule has 4 heteroatoms. The fourth-order valence-corrected chi connectivity index (χ4v) is 3.29. The Hall–Kier alpha value is -1.16. The van der Waals surface area contributed by atoms with Gasteiger partial charge in [0.2, 0.25) is 0 Å². The van der Waals surface area contributed by atoms with E-state index in [4.69, 9.17) is 0 Å². The molecule has 19 heavy (non-hydrogen) atoms. The van der Waals surface area contributed by atoms with E-state index in [0.29, 0.717) is 0 Å². The number of thioether (sulfide) groups is 1. The minimum Gasteiger partial charge on any atom is -0.331 e. The summed E-state index contributed by atoms with van der Waals surface area (Å²) < 4.78 is 0. The standard InChI is InChI=1S/C15H22N2OS/c1-11-8-12(2)10-14(9-11)13(3)16-15(18)17-4-6-19-7-5-17/h8-10,13H,4-7H2,1-3H3,(H,16,18). The van der Waals surface area contributed by atoms with Crippen LogP contribution in [-0.2, 0) is 0 Å². The minimum absolute atomic E-state index is 0.0562. The summed E-state index contributed by atoms with van der Waals surface area (Å²) in [5.74, 6) is 2.09. The molecule has 0 saturated carbocycles. The van der Waals surface area contributed by atoms with Crippen LogP contribution >= 0.6 is 11.8 Å². The topological polar surface area (TPSA) is 32.3 Å². The number of amides is 2. The normalized spacial score (nSPS) is 17.1. The summed E-state index contributed by atoms with van der Waals surface area (Å²) in [4.78, 5) is 14.1. The maximum Gasteiger partial charge on any atom is 0.317 e. The molecule has 0 radical (unpaired) electrons. The van der Waals surface area contributed by atoms with Gasteiger partial charge in [-0.05, 0) is 26.3 Å². The van der Waals surface area contributed by atoms with Crippen molar-refractivity contribution in [1.82, 2.24) is 10.2 Å². The lowest BCUT2D eigenvalue weighted by atomic mass is 10.0. The van der Waals surface area contributed by atoms with E-state index in [0.717, 1.165) is 24.6 Å². The minimum atomic E-state index is 0.0562. The Morgan fingerprint density at radius 2 is 1.79 bits per heavy atom. The number of urea groups is 1. The second-order valence-corrected chi connectivity index (χ2v) is 6.42. The van der Waals surface area contributed by atoms with Gasteiger partial charge in [0.15, 0.2) is 0 Å². The molecule has 3 nitrogen and oxygen atoms in total. The molecule has 1 aromatic rings. The van der Waals surface area contributed by atoms with Crippen LogP contribution < -0.4 is 5.32 Å². The number of benzene rings is 1. The van der Waals surface area contributed by atoms with Gasteiger partial charge in [-0.1, -0.05) is 29.3 Å². The molecule has 104 valence electrons. The summed E-state index contributed by atoms with van der Waals surface area (Å²) in [6, 6.07) is 6.56. The summed E-state index contributed by atoms with van der Waals surface area (Å²) in [7, 11) is 0. The van der Waals surface area contributed by atoms with Crippen LogP contribution in [0.4, 0.5) is 4.79 Å². The molecule has 1 unspecified atom stereocenters. The molecule has 0 aliphatic carbocycles. The van der Waals surface area contributed by atoms with Crippen LogP contribution in [0.15, 0.2) is 18.2 Å². The molecule has 1 aliphatic heterocycles. The molecule has 0 aromatic heterocycles. The Balaban J connectivity index is 1.99. The van der Waals surface area contributed by atoms with E-state index in [1.54, 1.807) is 0 Å². The van der Waals surface area contributed by atoms with Gasteiger partial charge in [-0.15, -0.1) is 0 Å². The SMILES string of the molecule is Cc1cc(C)cc(C(C)NC(=O)N2CCSCC2)c1. The second kappa shape index (κ2) is 6.33. The molecule has 0 spiro atoms. The lowest BCUT2D eigenvalue weighted by Crippen LogP contribution is -2.45. The molecule has 1 fully saturated rings. The molecule has 1 N–H and O–H groups in total. The highest BCUT2D eigenvalue weighted by Crippen LogP contribution is 2.17. The van der Waals surface area contributed by atoms with E-state index in [2.05, 4.69) is 37.4 Å². The van der Waals surface area contributed by atoms with Crippen molar-refractivity contribution in [1.29, 1.82) is 0 Å². The van der Waals surface area contributed by atoms with Gasteiger partial charge in [-0.25, -0.2) is 4.79 Å². The first-order chi connectivity index (χ1) is 9.06. The first kappa shape index (κ1) is 14.3. The quantitative estimate of drug-likeness (QED) is 0.901. The Morgan fingerprint density at radius 3 is 2.37 bits per heavy atom. The van der Waals surface area contributed by atoms with Crippen LogP contribution in [0, 0.1) is 13.8 Å². The number of nitrogens with zero attached hydrogens (tertiary/aromatic N) is 1. The highest BCUT2D eigenvalue weighted by molar-refractivity contribution is 7.99. The molecule has 2 amide bonds. The molecule has 1 atom stereocenters. The van der Waals surface area contributed by atoms with Crippen LogP contribution in [0.25, 0.3) is 0 Å². The zero-order valence-electron chi connectivity index (χ0n) is 11.9. The predicted molar refractivity (Wildman–Crippen MR) is 81.8 cm³/mol. The third kappa shape index (κ3) is 3.90. The van der Waals surface area contributed by atoms with Gasteiger partial charge in [0.05, 0.1) is 6.04 Å². The van der Waals surface area contributed by atoms with E-state index in [9.17, 15) is 4.79 Å². The Kier molecular flexibility index (Phi) is 4.75. The number of rotatable bonds is 2. The average Bonchev–Trinajstić information content (AvgIpc) is 2.38. The first-order valence-corrected chi connectivity index (χ1v) is 7.93. The van der Waals surface area contributed by atoms with Crippen molar-refractivity contribution < 1.29 is 4.79 Å². The third-order valence-electron chi connectivity index (χ3n) is 3.38. The molecule has 1 aromatic carbocycles. The lowest BCUT2D eigenvalue weighted by Gasteiger charge is -2.28. The first-order valence-electron chi connectivity index (χ1n) is 6.77. The number of hydrogen-bond donors (Lipinski definition) is 1. The van der Waals surface area contributed by atoms with Gasteiger partial charge in [0, 0.05) is 24.6 Å². The average molecular weight is 278 g/mol. The van der Waals surface area contributed by atoms with E-state index in [-0.39, 0.29) is 12.1 Å². The zero-order chi connectivity index (χ0) is 13.8. The molecule has 0 bridgehead atoms. The van der Waals surface area contributed by atoms with Crippen LogP contribution in [0.2, 0.25) is 0 Å². The van der Waals surface area contributed by atoms with E-state index >= 15 is 0 Å². The number of aryl methyl sites for hydroxylation is 2. The van der Waals surface area contributed by atoms with Gasteiger partial charge in [-0.3, -0.25) is 0 Å². The summed E-state index contributed by atoms with van der Waals surface area (Å²) in [5.41, 5.74) is 3.66. The molecular formula is C15H22N2OS. The van der Waals surface area contributed by atoms with Crippen molar-refractivity contribution in [3.8, 4) is 0 Å². The van der Waals surface area contributed by atoms with Crippen LogP contribution in [0.3, 0.4) is 0 Å². The largest absolute Gasteiger partial charge is 0.331 e. The molecular weight excluding hydrogens is 256 g/mol. The van der Waals surface area contributed by atoms with Gasteiger partial charge in [-0.2, -0.15) is 11.8 Å². The van der Waals surface area contributed by atoms with Gasteiger partial charge < -0.3 is 10.2 Å². The van der Waals surface area contributed by atoms with Crippen molar-refractivity contribution in [3.63, 3.8) is 0 Å². The smallest absolute Gasteiger partial charge is 0.317 e. The monoisotopic (exact) mass is 278 g/mol. The Morgan fingerprint density at radius 1 is 1.21 bits per heavy atom. The number of hydrogen-bond acceptors (Lipinski definition) is 2. The summed E-state index contributed by atoms with van der Waals surface area (Å²) in [6.45, 7) is 7.94. The predicted octanol–water partition coefficient (Wildman–Crippen LogP) is 3.12. The van der Waals surface area contributed by atoms with Gasteiger partial charge in [0.1, 0.15) is 0 Å². The molecule has 2 rings (SSSR count). The summed E-state index contributed by atoms with van der Waals surface area (Å²) >= 11 is 1.91. The van der Waals surface area contributed by atoms with Crippen molar-refractivity contribution in [3.05, 3.63) is 34.9 Å². The maximum absolute atomic E-state index is 12.2. The summed E-state index contributed by atoms with van der Waals surface area (Å²) in [5, 5.41) is 3.10. The van der Waals surface area contributed by atoms with Crippen molar-refractivity contribution in [2.45, 2.75) is 26.8 Å². The lowest BCUT2D eigenvalue weighted by molar-refractivity contribution is 0.199. The summed E-state index contributed by atoms with van der Waals surface area (Å²) in [6.07, 6.45) is 0. The number of nitrogens with one attached hydrogen (secondary N) is 1. The molecule has 1 heterocycles. The van der Waals surface area contributed by atoms with E-state index in [1.807, 2.05) is 23.6 Å². The van der Waals surface area contributed by atoms with Crippen LogP contribution in [0.5, 0.6) is 0 Å². The Bertz CT molecular complexity index is 435. The highest BCUT2D eigenvalue weighted by atomic mass is 32.2.